The number of esters is 1. The van der Waals surface area contributed by atoms with Crippen molar-refractivity contribution in [3.05, 3.63) is 58.2 Å². The predicted octanol–water partition coefficient (Wildman–Crippen LogP) is 1.39. The molecule has 35 heavy (non-hydrogen) atoms. The van der Waals surface area contributed by atoms with E-state index >= 15 is 0 Å². The molecule has 2 saturated heterocycles. The first-order chi connectivity index (χ1) is 16.3. The summed E-state index contributed by atoms with van der Waals surface area (Å²) in [6, 6.07) is 1.27. The molecule has 2 aliphatic heterocycles. The number of allylic oxidation sites excluding steroid dienone is 4. The van der Waals surface area contributed by atoms with Gasteiger partial charge in [-0.05, 0) is 33.8 Å². The fourth-order valence-electron chi connectivity index (χ4n) is 4.64. The third kappa shape index (κ3) is 4.60. The summed E-state index contributed by atoms with van der Waals surface area (Å²) in [7, 11) is 1.47. The number of ether oxygens (including phenoxy) is 4. The SMILES string of the molecule is COc1cc(=O)oc(/C=C/C=C/C=C/[C@@H]2O[C@]3(C)[C@@H](O)[C@](C)(O[C@]3(O)[C@H](C)O)[C@H]2OC(C)=O)c1C. The Balaban J connectivity index is 1.84. The van der Waals surface area contributed by atoms with Crippen LogP contribution < -0.4 is 10.4 Å². The quantitative estimate of drug-likeness (QED) is 0.377. The van der Waals surface area contributed by atoms with Gasteiger partial charge in [0.1, 0.15) is 35.4 Å². The molecule has 0 amide bonds. The second-order valence-electron chi connectivity index (χ2n) is 9.03. The summed E-state index contributed by atoms with van der Waals surface area (Å²) in [4.78, 5) is 23.4. The van der Waals surface area contributed by atoms with Crippen LogP contribution in [0.25, 0.3) is 6.08 Å². The van der Waals surface area contributed by atoms with Crippen molar-refractivity contribution >= 4 is 12.0 Å². The van der Waals surface area contributed by atoms with Gasteiger partial charge in [0, 0.05) is 12.5 Å². The zero-order valence-corrected chi connectivity index (χ0v) is 20.6. The van der Waals surface area contributed by atoms with E-state index in [0.29, 0.717) is 17.1 Å². The summed E-state index contributed by atoms with van der Waals surface area (Å²) in [6.45, 7) is 7.22. The molecule has 192 valence electrons. The zero-order valence-electron chi connectivity index (χ0n) is 20.6. The molecule has 0 spiro atoms. The van der Waals surface area contributed by atoms with Gasteiger partial charge in [0.15, 0.2) is 11.7 Å². The number of hydrogen-bond donors (Lipinski definition) is 3. The summed E-state index contributed by atoms with van der Waals surface area (Å²) in [5, 5.41) is 32.2. The van der Waals surface area contributed by atoms with E-state index in [0.717, 1.165) is 0 Å². The largest absolute Gasteiger partial charge is 0.496 e. The van der Waals surface area contributed by atoms with Gasteiger partial charge in [-0.3, -0.25) is 4.79 Å². The van der Waals surface area contributed by atoms with Gasteiger partial charge >= 0.3 is 11.6 Å². The summed E-state index contributed by atoms with van der Waals surface area (Å²) < 4.78 is 27.5. The maximum Gasteiger partial charge on any atom is 0.339 e. The molecule has 2 aliphatic rings. The fourth-order valence-corrected chi connectivity index (χ4v) is 4.64. The van der Waals surface area contributed by atoms with Crippen molar-refractivity contribution in [3.63, 3.8) is 0 Å². The third-order valence-corrected chi connectivity index (χ3v) is 6.56. The van der Waals surface area contributed by atoms with Crippen molar-refractivity contribution in [1.29, 1.82) is 0 Å². The highest BCUT2D eigenvalue weighted by Gasteiger charge is 2.77. The molecule has 0 aliphatic carbocycles. The van der Waals surface area contributed by atoms with Gasteiger partial charge in [-0.25, -0.2) is 4.79 Å². The molecule has 0 radical (unpaired) electrons. The summed E-state index contributed by atoms with van der Waals surface area (Å²) in [5.74, 6) is -2.08. The van der Waals surface area contributed by atoms with Crippen molar-refractivity contribution < 1.29 is 43.5 Å². The predicted molar refractivity (Wildman–Crippen MR) is 125 cm³/mol. The second-order valence-corrected chi connectivity index (χ2v) is 9.03. The molecule has 2 fully saturated rings. The Hall–Kier alpha value is -2.76. The molecule has 3 N–H and O–H groups in total. The molecule has 1 aromatic heterocycles. The van der Waals surface area contributed by atoms with Crippen LogP contribution in [-0.4, -0.2) is 69.8 Å². The molecule has 0 aromatic carbocycles. The van der Waals surface area contributed by atoms with Gasteiger partial charge in [0.05, 0.1) is 13.2 Å². The average Bonchev–Trinajstić information content (AvgIpc) is 2.88. The minimum absolute atomic E-state index is 0.356. The van der Waals surface area contributed by atoms with Crippen molar-refractivity contribution in [3.8, 4) is 5.75 Å². The molecule has 0 saturated carbocycles. The van der Waals surface area contributed by atoms with Crippen LogP contribution in [0, 0.1) is 6.92 Å². The smallest absolute Gasteiger partial charge is 0.339 e. The highest BCUT2D eigenvalue weighted by Crippen LogP contribution is 2.55. The van der Waals surface area contributed by atoms with Crippen LogP contribution in [0.15, 0.2) is 45.7 Å². The maximum absolute atomic E-state index is 11.8. The fraction of sp³-hybridized carbons (Fsp3) is 0.520. The first-order valence-corrected chi connectivity index (χ1v) is 11.1. The average molecular weight is 493 g/mol. The molecular weight excluding hydrogens is 460 g/mol. The second kappa shape index (κ2) is 9.71. The van der Waals surface area contributed by atoms with E-state index < -0.39 is 53.0 Å². The van der Waals surface area contributed by atoms with Crippen LogP contribution >= 0.6 is 0 Å². The summed E-state index contributed by atoms with van der Waals surface area (Å²) in [6.07, 6.45) is 5.01. The van der Waals surface area contributed by atoms with Crippen LogP contribution in [-0.2, 0) is 19.0 Å². The van der Waals surface area contributed by atoms with E-state index in [-0.39, 0.29) is 0 Å². The molecule has 3 heterocycles. The lowest BCUT2D eigenvalue weighted by Crippen LogP contribution is -2.68. The van der Waals surface area contributed by atoms with Crippen LogP contribution in [0.1, 0.15) is 39.0 Å². The topological polar surface area (TPSA) is 145 Å². The van der Waals surface area contributed by atoms with Crippen molar-refractivity contribution in [2.75, 3.05) is 7.11 Å². The Labute approximate surface area is 203 Å². The van der Waals surface area contributed by atoms with Gasteiger partial charge in [-0.1, -0.05) is 30.4 Å². The van der Waals surface area contributed by atoms with E-state index in [4.69, 9.17) is 23.4 Å². The summed E-state index contributed by atoms with van der Waals surface area (Å²) in [5.41, 5.74) is -3.11. The number of fused-ring (bicyclic) bond motifs is 2. The Morgan fingerprint density at radius 1 is 1.23 bits per heavy atom. The number of methoxy groups -OCH3 is 1. The summed E-state index contributed by atoms with van der Waals surface area (Å²) >= 11 is 0. The minimum Gasteiger partial charge on any atom is -0.496 e. The van der Waals surface area contributed by atoms with Crippen molar-refractivity contribution in [2.45, 2.75) is 76.0 Å². The standard InChI is InChI=1S/C25H32O10/c1-14-17(33-20(28)13-19(14)31-6)11-9-7-8-10-12-18-21(32-16(3)27)23(4)22(29)24(5,34-18)25(30,35-23)15(2)26/h7-13,15,18,21-22,26,29-30H,1-6H3/b8-7+,11-9+,12-10+/t15-,18-,21-,22-,23+,24+,25+/m0/s1. The highest BCUT2D eigenvalue weighted by molar-refractivity contribution is 5.66. The van der Waals surface area contributed by atoms with Gasteiger partial charge in [-0.2, -0.15) is 0 Å². The van der Waals surface area contributed by atoms with Gasteiger partial charge in [-0.15, -0.1) is 0 Å². The maximum atomic E-state index is 11.8. The first kappa shape index (κ1) is 26.8. The van der Waals surface area contributed by atoms with Gasteiger partial charge in [0.2, 0.25) is 5.79 Å². The molecule has 1 aromatic rings. The zero-order chi connectivity index (χ0) is 26.2. The molecule has 10 heteroatoms. The van der Waals surface area contributed by atoms with E-state index in [1.54, 1.807) is 43.4 Å². The van der Waals surface area contributed by atoms with E-state index in [1.165, 1.54) is 40.9 Å². The number of rotatable bonds is 7. The Kier molecular flexibility index (Phi) is 7.45. The third-order valence-electron chi connectivity index (χ3n) is 6.56. The number of aliphatic hydroxyl groups is 3. The molecule has 10 nitrogen and oxygen atoms in total. The van der Waals surface area contributed by atoms with Gasteiger partial charge < -0.3 is 38.7 Å². The Morgan fingerprint density at radius 3 is 2.49 bits per heavy atom. The van der Waals surface area contributed by atoms with E-state index in [2.05, 4.69) is 0 Å². The van der Waals surface area contributed by atoms with Crippen molar-refractivity contribution in [2.24, 2.45) is 0 Å². The lowest BCUT2D eigenvalue weighted by molar-refractivity contribution is -0.309. The van der Waals surface area contributed by atoms with Crippen LogP contribution in [0.4, 0.5) is 0 Å². The lowest BCUT2D eigenvalue weighted by Gasteiger charge is -2.47. The highest BCUT2D eigenvalue weighted by atomic mass is 16.7. The first-order valence-electron chi connectivity index (χ1n) is 11.1. The normalized spacial score (nSPS) is 35.7. The molecular formula is C25H32O10. The van der Waals surface area contributed by atoms with Crippen LogP contribution in [0.2, 0.25) is 0 Å². The minimum atomic E-state index is -2.24. The number of carbonyl (C=O) groups excluding carboxylic acids is 1. The van der Waals surface area contributed by atoms with Gasteiger partial charge in [0.25, 0.3) is 0 Å². The van der Waals surface area contributed by atoms with E-state index in [9.17, 15) is 24.9 Å². The molecule has 0 unspecified atom stereocenters. The number of aliphatic hydroxyl groups excluding tert-OH is 2. The molecule has 2 bridgehead atoms. The van der Waals surface area contributed by atoms with Crippen molar-refractivity contribution in [1.82, 2.24) is 0 Å². The van der Waals surface area contributed by atoms with Crippen LogP contribution in [0.3, 0.4) is 0 Å². The van der Waals surface area contributed by atoms with E-state index in [1.807, 2.05) is 0 Å². The monoisotopic (exact) mass is 492 g/mol. The Morgan fingerprint density at radius 2 is 1.89 bits per heavy atom. The Bertz CT molecular complexity index is 1100. The number of hydrogen-bond acceptors (Lipinski definition) is 10. The lowest BCUT2D eigenvalue weighted by atomic mass is 9.76. The molecule has 7 atom stereocenters. The van der Waals surface area contributed by atoms with Crippen LogP contribution in [0.5, 0.6) is 5.75 Å². The number of carbonyl (C=O) groups is 1. The molecule has 3 rings (SSSR count).